The third kappa shape index (κ3) is 7.13. The molecule has 1 saturated carbocycles. The van der Waals surface area contributed by atoms with Crippen molar-refractivity contribution in [3.63, 3.8) is 0 Å². The first-order valence-electron chi connectivity index (χ1n) is 8.05. The largest absolute Gasteiger partial charge is 0.482 e. The van der Waals surface area contributed by atoms with Gasteiger partial charge in [0.1, 0.15) is 15.6 Å². The van der Waals surface area contributed by atoms with Crippen LogP contribution in [0, 0.1) is 5.41 Å². The molecule has 1 aliphatic rings. The number of amides is 1. The number of aliphatic carboxylic acids is 1. The first-order valence-corrected chi connectivity index (χ1v) is 10.1. The third-order valence-corrected chi connectivity index (χ3v) is 5.22. The molecule has 0 heterocycles. The summed E-state index contributed by atoms with van der Waals surface area (Å²) in [5, 5.41) is 11.4. The van der Waals surface area contributed by atoms with Gasteiger partial charge >= 0.3 is 5.97 Å². The minimum absolute atomic E-state index is 0.0746. The quantitative estimate of drug-likeness (QED) is 0.637. The first-order chi connectivity index (χ1) is 11.7. The zero-order chi connectivity index (χ0) is 18.5. The molecule has 0 aliphatic heterocycles. The molecule has 0 spiro atoms. The normalized spacial score (nSPS) is 15.4. The Labute approximate surface area is 147 Å². The number of rotatable bonds is 10. The molecule has 7 nitrogen and oxygen atoms in total. The molecule has 1 aromatic rings. The molecule has 2 N–H and O–H groups in total. The van der Waals surface area contributed by atoms with Gasteiger partial charge in [-0.3, -0.25) is 4.79 Å². The Morgan fingerprint density at radius 1 is 1.24 bits per heavy atom. The lowest BCUT2D eigenvalue weighted by Gasteiger charge is -2.13. The van der Waals surface area contributed by atoms with Gasteiger partial charge in [-0.05, 0) is 42.4 Å². The van der Waals surface area contributed by atoms with Crippen LogP contribution in [0.1, 0.15) is 24.8 Å². The number of benzene rings is 1. The van der Waals surface area contributed by atoms with Gasteiger partial charge in [-0.2, -0.15) is 0 Å². The van der Waals surface area contributed by atoms with Crippen LogP contribution in [0.15, 0.2) is 24.3 Å². The molecule has 25 heavy (non-hydrogen) atoms. The highest BCUT2D eigenvalue weighted by Crippen LogP contribution is 2.49. The maximum Gasteiger partial charge on any atom is 0.341 e. The van der Waals surface area contributed by atoms with Crippen LogP contribution < -0.4 is 10.1 Å². The van der Waals surface area contributed by atoms with E-state index in [1.165, 1.54) is 6.26 Å². The van der Waals surface area contributed by atoms with Crippen molar-refractivity contribution in [1.82, 2.24) is 5.32 Å². The Balaban J connectivity index is 1.71. The summed E-state index contributed by atoms with van der Waals surface area (Å²) in [7, 11) is -3.07. The van der Waals surface area contributed by atoms with Crippen LogP contribution in [-0.2, 0) is 25.8 Å². The van der Waals surface area contributed by atoms with Gasteiger partial charge in [0.25, 0.3) is 0 Å². The van der Waals surface area contributed by atoms with Crippen LogP contribution in [-0.4, -0.2) is 50.6 Å². The molecule has 0 aromatic heterocycles. The molecule has 0 radical (unpaired) electrons. The minimum Gasteiger partial charge on any atom is -0.482 e. The van der Waals surface area contributed by atoms with E-state index in [0.717, 1.165) is 18.4 Å². The van der Waals surface area contributed by atoms with Crippen molar-refractivity contribution in [2.24, 2.45) is 5.41 Å². The van der Waals surface area contributed by atoms with Gasteiger partial charge in [-0.25, -0.2) is 13.2 Å². The van der Waals surface area contributed by atoms with Crippen molar-refractivity contribution in [3.05, 3.63) is 29.8 Å². The SMILES string of the molecule is CS(=O)(=O)CC1(CC(=O)NCCc2ccc(OCC(=O)O)cc2)CC1. The van der Waals surface area contributed by atoms with Crippen molar-refractivity contribution < 1.29 is 27.9 Å². The van der Waals surface area contributed by atoms with Crippen LogP contribution in [0.25, 0.3) is 0 Å². The van der Waals surface area contributed by atoms with Crippen molar-refractivity contribution in [2.75, 3.05) is 25.2 Å². The second-order valence-corrected chi connectivity index (χ2v) is 8.81. The van der Waals surface area contributed by atoms with E-state index in [-0.39, 0.29) is 30.1 Å². The van der Waals surface area contributed by atoms with E-state index in [9.17, 15) is 18.0 Å². The predicted molar refractivity (Wildman–Crippen MR) is 92.3 cm³/mol. The molecule has 8 heteroatoms. The zero-order valence-electron chi connectivity index (χ0n) is 14.2. The lowest BCUT2D eigenvalue weighted by Crippen LogP contribution is -2.30. The highest BCUT2D eigenvalue weighted by Gasteiger charge is 2.46. The lowest BCUT2D eigenvalue weighted by molar-refractivity contribution is -0.139. The minimum atomic E-state index is -3.07. The third-order valence-electron chi connectivity index (χ3n) is 4.08. The van der Waals surface area contributed by atoms with Gasteiger partial charge in [0.2, 0.25) is 5.91 Å². The number of carboxylic acids is 1. The number of carboxylic acid groups (broad SMARTS) is 1. The van der Waals surface area contributed by atoms with E-state index in [2.05, 4.69) is 5.32 Å². The molecule has 1 aliphatic carbocycles. The fraction of sp³-hybridized carbons (Fsp3) is 0.529. The molecule has 2 rings (SSSR count). The fourth-order valence-electron chi connectivity index (χ4n) is 2.75. The number of hydrogen-bond acceptors (Lipinski definition) is 5. The standard InChI is InChI=1S/C17H23NO6S/c1-25(22,23)12-17(7-8-17)10-15(19)18-9-6-13-2-4-14(5-3-13)24-11-16(20)21/h2-5H,6-12H2,1H3,(H,18,19)(H,20,21). The highest BCUT2D eigenvalue weighted by atomic mass is 32.2. The molecule has 0 saturated heterocycles. The van der Waals surface area contributed by atoms with Crippen molar-refractivity contribution in [3.8, 4) is 5.75 Å². The number of carbonyl (C=O) groups is 2. The number of nitrogens with one attached hydrogen (secondary N) is 1. The predicted octanol–water partition coefficient (Wildman–Crippen LogP) is 1.02. The fourth-order valence-corrected chi connectivity index (χ4v) is 4.25. The van der Waals surface area contributed by atoms with Gasteiger partial charge in [-0.1, -0.05) is 12.1 Å². The maximum atomic E-state index is 12.0. The molecule has 0 bridgehead atoms. The van der Waals surface area contributed by atoms with Crippen LogP contribution in [0.2, 0.25) is 0 Å². The number of sulfone groups is 1. The number of hydrogen-bond donors (Lipinski definition) is 2. The molecule has 1 amide bonds. The molecule has 0 atom stereocenters. The number of carbonyl (C=O) groups excluding carboxylic acids is 1. The molecular formula is C17H23NO6S. The van der Waals surface area contributed by atoms with Crippen molar-refractivity contribution in [1.29, 1.82) is 0 Å². The Kier molecular flexibility index (Phi) is 6.05. The molecule has 0 unspecified atom stereocenters. The van der Waals surface area contributed by atoms with Crippen LogP contribution in [0.3, 0.4) is 0 Å². The zero-order valence-corrected chi connectivity index (χ0v) is 15.0. The summed E-state index contributed by atoms with van der Waals surface area (Å²) in [5.74, 6) is -0.601. The van der Waals surface area contributed by atoms with Crippen LogP contribution >= 0.6 is 0 Å². The second-order valence-electron chi connectivity index (χ2n) is 6.67. The van der Waals surface area contributed by atoms with Crippen LogP contribution in [0.4, 0.5) is 0 Å². The Morgan fingerprint density at radius 2 is 1.88 bits per heavy atom. The van der Waals surface area contributed by atoms with E-state index in [4.69, 9.17) is 9.84 Å². The van der Waals surface area contributed by atoms with E-state index in [1.54, 1.807) is 12.1 Å². The summed E-state index contributed by atoms with van der Waals surface area (Å²) in [6.07, 6.45) is 3.65. The Hall–Kier alpha value is -2.09. The lowest BCUT2D eigenvalue weighted by atomic mass is 10.1. The summed E-state index contributed by atoms with van der Waals surface area (Å²) >= 11 is 0. The monoisotopic (exact) mass is 369 g/mol. The van der Waals surface area contributed by atoms with Gasteiger partial charge in [0.15, 0.2) is 6.61 Å². The molecule has 1 fully saturated rings. The van der Waals surface area contributed by atoms with E-state index in [0.29, 0.717) is 18.7 Å². The summed E-state index contributed by atoms with van der Waals surface area (Å²) < 4.78 is 27.9. The average molecular weight is 369 g/mol. The Bertz CT molecular complexity index is 722. The smallest absolute Gasteiger partial charge is 0.341 e. The van der Waals surface area contributed by atoms with Gasteiger partial charge in [0, 0.05) is 19.2 Å². The van der Waals surface area contributed by atoms with Gasteiger partial charge in [-0.15, -0.1) is 0 Å². The van der Waals surface area contributed by atoms with Crippen LogP contribution in [0.5, 0.6) is 5.75 Å². The summed E-state index contributed by atoms with van der Waals surface area (Å²) in [6.45, 7) is 0.0771. The van der Waals surface area contributed by atoms with Crippen molar-refractivity contribution in [2.45, 2.75) is 25.7 Å². The highest BCUT2D eigenvalue weighted by molar-refractivity contribution is 7.90. The van der Waals surface area contributed by atoms with Gasteiger partial charge in [0.05, 0.1) is 5.75 Å². The van der Waals surface area contributed by atoms with E-state index < -0.39 is 15.8 Å². The Morgan fingerprint density at radius 3 is 2.40 bits per heavy atom. The molecule has 1 aromatic carbocycles. The summed E-state index contributed by atoms with van der Waals surface area (Å²) in [4.78, 5) is 22.4. The summed E-state index contributed by atoms with van der Waals surface area (Å²) in [6, 6.07) is 7.00. The first kappa shape index (κ1) is 19.2. The van der Waals surface area contributed by atoms with E-state index in [1.807, 2.05) is 12.1 Å². The molecule has 138 valence electrons. The van der Waals surface area contributed by atoms with Gasteiger partial charge < -0.3 is 15.2 Å². The summed E-state index contributed by atoms with van der Waals surface area (Å²) in [5.41, 5.74) is 0.626. The second kappa shape index (κ2) is 7.86. The number of ether oxygens (including phenoxy) is 1. The average Bonchev–Trinajstić information content (AvgIpc) is 3.23. The molecular weight excluding hydrogens is 346 g/mol. The van der Waals surface area contributed by atoms with E-state index >= 15 is 0 Å². The van der Waals surface area contributed by atoms with Crippen molar-refractivity contribution >= 4 is 21.7 Å². The topological polar surface area (TPSA) is 110 Å². The maximum absolute atomic E-state index is 12.0.